The van der Waals surface area contributed by atoms with Crippen molar-refractivity contribution in [3.63, 3.8) is 0 Å². The summed E-state index contributed by atoms with van der Waals surface area (Å²) in [5.74, 6) is 0.0180. The minimum absolute atomic E-state index is 0. The highest BCUT2D eigenvalue weighted by atomic mass is 79.9. The van der Waals surface area contributed by atoms with E-state index in [1.54, 1.807) is 0 Å². The summed E-state index contributed by atoms with van der Waals surface area (Å²) in [6, 6.07) is 13.3. The number of aromatic nitrogens is 1. The van der Waals surface area contributed by atoms with Gasteiger partial charge in [-0.2, -0.15) is 0 Å². The van der Waals surface area contributed by atoms with E-state index in [2.05, 4.69) is 26.1 Å². The minimum Gasteiger partial charge on any atom is -0.494 e. The highest BCUT2D eigenvalue weighted by Crippen LogP contribution is 2.36. The first-order valence-corrected chi connectivity index (χ1v) is 10.7. The molecule has 1 aromatic heterocycles. The Morgan fingerprint density at radius 3 is 2.56 bits per heavy atom. The van der Waals surface area contributed by atoms with Crippen molar-refractivity contribution < 1.29 is 20.2 Å². The molecule has 170 valence electrons. The topological polar surface area (TPSA) is 114 Å². The molecule has 0 bridgehead atoms. The van der Waals surface area contributed by atoms with E-state index in [1.807, 2.05) is 47.4 Å². The molecule has 32 heavy (non-hydrogen) atoms. The molecule has 0 atom stereocenters. The smallest absolute Gasteiger partial charge is 0.199 e. The van der Waals surface area contributed by atoms with Gasteiger partial charge in [0.25, 0.3) is 0 Å². The number of halogens is 2. The number of benzene rings is 2. The van der Waals surface area contributed by atoms with E-state index in [0.29, 0.717) is 36.6 Å². The fourth-order valence-corrected chi connectivity index (χ4v) is 3.99. The van der Waals surface area contributed by atoms with Gasteiger partial charge in [-0.25, -0.2) is 4.99 Å². The van der Waals surface area contributed by atoms with Crippen LogP contribution >= 0.6 is 28.3 Å². The highest BCUT2D eigenvalue weighted by Gasteiger charge is 2.29. The number of aromatic amines is 1. The highest BCUT2D eigenvalue weighted by molar-refractivity contribution is 9.10. The van der Waals surface area contributed by atoms with E-state index in [-0.39, 0.29) is 38.1 Å². The molecule has 2 aromatic carbocycles. The van der Waals surface area contributed by atoms with Gasteiger partial charge >= 0.3 is 0 Å². The maximum Gasteiger partial charge on any atom is 0.199 e. The molecule has 0 unspecified atom stereocenters. The Morgan fingerprint density at radius 1 is 1.06 bits per heavy atom. The van der Waals surface area contributed by atoms with Gasteiger partial charge in [0, 0.05) is 35.1 Å². The van der Waals surface area contributed by atoms with Crippen molar-refractivity contribution in [2.24, 2.45) is 10.1 Å². The summed E-state index contributed by atoms with van der Waals surface area (Å²) < 4.78 is 0.900. The van der Waals surface area contributed by atoms with Gasteiger partial charge in [0.15, 0.2) is 5.88 Å². The summed E-state index contributed by atoms with van der Waals surface area (Å²) in [5, 5.41) is 34.1. The number of aliphatic imine (C=N–C) groups is 1. The fourth-order valence-electron chi connectivity index (χ4n) is 3.63. The second-order valence-electron chi connectivity index (χ2n) is 7.08. The summed E-state index contributed by atoms with van der Waals surface area (Å²) >= 11 is 3.45. The number of nitrogens with zero attached hydrogens (tertiary/aromatic N) is 3. The van der Waals surface area contributed by atoms with E-state index in [9.17, 15) is 5.11 Å². The number of hydrogen-bond donors (Lipinski definition) is 4. The second kappa shape index (κ2) is 10.9. The van der Waals surface area contributed by atoms with Crippen molar-refractivity contribution in [1.29, 1.82) is 0 Å². The molecule has 0 aliphatic carbocycles. The van der Waals surface area contributed by atoms with E-state index in [4.69, 9.17) is 20.0 Å². The van der Waals surface area contributed by atoms with Crippen LogP contribution in [-0.2, 0) is 4.84 Å². The fraction of sp³-hybridized carbons (Fsp3) is 0.273. The summed E-state index contributed by atoms with van der Waals surface area (Å²) in [6.07, 6.45) is 0. The van der Waals surface area contributed by atoms with Crippen molar-refractivity contribution in [2.45, 2.75) is 0 Å². The number of aromatic hydroxyl groups is 1. The molecule has 2 heterocycles. The quantitative estimate of drug-likeness (QED) is 0.254. The Morgan fingerprint density at radius 2 is 1.81 bits per heavy atom. The van der Waals surface area contributed by atoms with Crippen LogP contribution in [-0.4, -0.2) is 76.1 Å². The van der Waals surface area contributed by atoms with E-state index >= 15 is 0 Å². The summed E-state index contributed by atoms with van der Waals surface area (Å²) in [7, 11) is 0. The van der Waals surface area contributed by atoms with Crippen LogP contribution in [0.4, 0.5) is 5.69 Å². The molecule has 0 radical (unpaired) electrons. The van der Waals surface area contributed by atoms with Gasteiger partial charge in [0.1, 0.15) is 18.0 Å². The summed E-state index contributed by atoms with van der Waals surface area (Å²) in [5.41, 5.74) is 4.02. The number of hydrogen-bond acceptors (Lipinski definition) is 7. The molecular formula is C22H24BrClN4O4. The third-order valence-electron chi connectivity index (χ3n) is 5.08. The lowest BCUT2D eigenvalue weighted by molar-refractivity contribution is 0.0919. The first kappa shape index (κ1) is 24.2. The Bertz CT molecular complexity index is 1140. The van der Waals surface area contributed by atoms with Crippen LogP contribution in [0.5, 0.6) is 5.88 Å². The number of rotatable bonds is 9. The maximum absolute atomic E-state index is 10.6. The van der Waals surface area contributed by atoms with Crippen molar-refractivity contribution >= 4 is 56.4 Å². The second-order valence-corrected chi connectivity index (χ2v) is 7.99. The van der Waals surface area contributed by atoms with Gasteiger partial charge in [0.05, 0.1) is 30.0 Å². The zero-order valence-electron chi connectivity index (χ0n) is 17.2. The third-order valence-corrected chi connectivity index (χ3v) is 5.57. The molecule has 1 aliphatic rings. The number of H-pyrrole nitrogens is 1. The normalized spacial score (nSPS) is 14.0. The Labute approximate surface area is 199 Å². The number of nitrogens with one attached hydrogen (secondary N) is 1. The average Bonchev–Trinajstić information content (AvgIpc) is 3.27. The van der Waals surface area contributed by atoms with Gasteiger partial charge in [-0.15, -0.1) is 12.4 Å². The molecule has 4 rings (SSSR count). The average molecular weight is 524 g/mol. The van der Waals surface area contributed by atoms with Crippen molar-refractivity contribution in [3.8, 4) is 5.88 Å². The van der Waals surface area contributed by atoms with E-state index in [0.717, 1.165) is 26.6 Å². The molecule has 4 N–H and O–H groups in total. The molecule has 8 nitrogen and oxygen atoms in total. The van der Waals surface area contributed by atoms with Crippen molar-refractivity contribution in [1.82, 2.24) is 9.88 Å². The Hall–Kier alpha value is -2.43. The minimum atomic E-state index is 0. The zero-order chi connectivity index (χ0) is 21.8. The van der Waals surface area contributed by atoms with E-state index < -0.39 is 0 Å². The van der Waals surface area contributed by atoms with Gasteiger partial charge in [-0.3, -0.25) is 4.90 Å². The Kier molecular flexibility index (Phi) is 8.27. The summed E-state index contributed by atoms with van der Waals surface area (Å²) in [6.45, 7) is 1.72. The number of fused-ring (bicyclic) bond motifs is 2. The zero-order valence-corrected chi connectivity index (χ0v) is 19.6. The lowest BCUT2D eigenvalue weighted by Crippen LogP contribution is -2.32. The lowest BCUT2D eigenvalue weighted by Gasteiger charge is -2.18. The number of aliphatic hydroxyl groups is 2. The predicted molar refractivity (Wildman–Crippen MR) is 131 cm³/mol. The van der Waals surface area contributed by atoms with Crippen LogP contribution in [0.15, 0.2) is 57.1 Å². The summed E-state index contributed by atoms with van der Waals surface area (Å²) in [4.78, 5) is 15.2. The van der Waals surface area contributed by atoms with Crippen LogP contribution < -0.4 is 0 Å². The molecule has 0 saturated carbocycles. The van der Waals surface area contributed by atoms with Gasteiger partial charge in [0.2, 0.25) is 0 Å². The lowest BCUT2D eigenvalue weighted by atomic mass is 10.0. The number of para-hydroxylation sites is 1. The van der Waals surface area contributed by atoms with Crippen LogP contribution in [0.3, 0.4) is 0 Å². The van der Waals surface area contributed by atoms with Crippen LogP contribution in [0, 0.1) is 0 Å². The van der Waals surface area contributed by atoms with Crippen molar-refractivity contribution in [2.75, 3.05) is 39.5 Å². The first-order chi connectivity index (χ1) is 15.1. The monoisotopic (exact) mass is 522 g/mol. The maximum atomic E-state index is 10.6. The third kappa shape index (κ3) is 4.97. The standard InChI is InChI=1S/C22H23BrN4O4.ClH/c23-14-5-6-15-18(13-14)25-22(30)19(15)21-20(16-3-1-2-4-17(16)24-21)26-31-12-9-27(7-10-28)8-11-29;/h1-6,13,25,28-30H,7-12H2;1H/b26-20-;. The largest absolute Gasteiger partial charge is 0.494 e. The van der Waals surface area contributed by atoms with Crippen LogP contribution in [0.25, 0.3) is 10.9 Å². The molecule has 1 aliphatic heterocycles. The SMILES string of the molecule is Cl.OCCN(CCO)CCO/N=C1\C(c2c(O)[nH]c3cc(Br)ccc23)=Nc2ccccc21. The molecule has 0 fully saturated rings. The Balaban J connectivity index is 0.00000289. The molecular weight excluding hydrogens is 500 g/mol. The van der Waals surface area contributed by atoms with Gasteiger partial charge < -0.3 is 25.1 Å². The molecule has 0 saturated heterocycles. The molecule has 3 aromatic rings. The van der Waals surface area contributed by atoms with Crippen LogP contribution in [0.2, 0.25) is 0 Å². The van der Waals surface area contributed by atoms with Crippen LogP contribution in [0.1, 0.15) is 11.1 Å². The van der Waals surface area contributed by atoms with Gasteiger partial charge in [-0.1, -0.05) is 45.4 Å². The van der Waals surface area contributed by atoms with E-state index in [1.165, 1.54) is 0 Å². The number of aliphatic hydroxyl groups excluding tert-OH is 2. The van der Waals surface area contributed by atoms with Gasteiger partial charge in [-0.05, 0) is 18.2 Å². The number of oxime groups is 1. The molecule has 10 heteroatoms. The molecule has 0 amide bonds. The van der Waals surface area contributed by atoms with Crippen molar-refractivity contribution in [3.05, 3.63) is 58.1 Å². The predicted octanol–water partition coefficient (Wildman–Crippen LogP) is 3.20. The first-order valence-electron chi connectivity index (χ1n) is 9.95. The molecule has 0 spiro atoms.